The summed E-state index contributed by atoms with van der Waals surface area (Å²) in [6.07, 6.45) is 0.773. The van der Waals surface area contributed by atoms with Crippen LogP contribution in [0.5, 0.6) is 0 Å². The topological polar surface area (TPSA) is 61.8 Å². The summed E-state index contributed by atoms with van der Waals surface area (Å²) in [4.78, 5) is 32.1. The molecular weight excluding hydrogens is 473 g/mol. The Morgan fingerprint density at radius 1 is 1.03 bits per heavy atom. The highest BCUT2D eigenvalue weighted by Gasteiger charge is 2.35. The predicted octanol–water partition coefficient (Wildman–Crippen LogP) is 5.36. The molecular formula is C26H23ClFN3O2S. The van der Waals surface area contributed by atoms with E-state index in [1.807, 2.05) is 42.5 Å². The fraction of sp³-hybridized carbons (Fsp3) is 0.192. The largest absolute Gasteiger partial charge is 0.355 e. The average Bonchev–Trinajstić information content (AvgIpc) is 2.84. The molecule has 4 rings (SSSR count). The summed E-state index contributed by atoms with van der Waals surface area (Å²) in [6, 6.07) is 22.8. The van der Waals surface area contributed by atoms with Crippen LogP contribution < -0.4 is 5.32 Å². The van der Waals surface area contributed by atoms with Crippen molar-refractivity contribution in [2.24, 2.45) is 4.99 Å². The molecule has 1 aliphatic heterocycles. The third-order valence-electron chi connectivity index (χ3n) is 5.29. The van der Waals surface area contributed by atoms with Gasteiger partial charge in [0.25, 0.3) is 0 Å². The Bertz CT molecular complexity index is 1170. The maximum Gasteiger partial charge on any atom is 0.234 e. The summed E-state index contributed by atoms with van der Waals surface area (Å²) in [6.45, 7) is 0.776. The van der Waals surface area contributed by atoms with E-state index in [1.165, 1.54) is 36.0 Å². The van der Waals surface area contributed by atoms with Gasteiger partial charge in [-0.2, -0.15) is 0 Å². The predicted molar refractivity (Wildman–Crippen MR) is 135 cm³/mol. The Morgan fingerprint density at radius 3 is 2.44 bits per heavy atom. The highest BCUT2D eigenvalue weighted by molar-refractivity contribution is 8.15. The summed E-state index contributed by atoms with van der Waals surface area (Å²) >= 11 is 7.23. The van der Waals surface area contributed by atoms with Gasteiger partial charge in [0.05, 0.1) is 17.5 Å². The molecule has 0 aliphatic carbocycles. The number of hydrogen-bond donors (Lipinski definition) is 1. The quantitative estimate of drug-likeness (QED) is 0.480. The third-order valence-corrected chi connectivity index (χ3v) is 6.73. The van der Waals surface area contributed by atoms with Crippen molar-refractivity contribution in [1.29, 1.82) is 0 Å². The van der Waals surface area contributed by atoms with Gasteiger partial charge in [-0.15, -0.1) is 0 Å². The van der Waals surface area contributed by atoms with E-state index in [1.54, 1.807) is 17.0 Å². The normalized spacial score (nSPS) is 17.1. The van der Waals surface area contributed by atoms with Crippen molar-refractivity contribution < 1.29 is 14.0 Å². The van der Waals surface area contributed by atoms with Crippen LogP contribution in [0.15, 0.2) is 83.9 Å². The minimum Gasteiger partial charge on any atom is -0.355 e. The SMILES string of the molecule is O=C(NCCc1ccccc1)C1CC(=O)N(Cc2ccc(Cl)cc2)C(=Nc2ccc(F)cc2)S1. The molecule has 1 fully saturated rings. The van der Waals surface area contributed by atoms with Gasteiger partial charge in [0.1, 0.15) is 5.82 Å². The summed E-state index contributed by atoms with van der Waals surface area (Å²) in [5.41, 5.74) is 2.52. The molecule has 1 saturated heterocycles. The fourth-order valence-electron chi connectivity index (χ4n) is 3.48. The molecule has 1 heterocycles. The van der Waals surface area contributed by atoms with E-state index in [0.717, 1.165) is 11.1 Å². The maximum absolute atomic E-state index is 13.4. The number of benzene rings is 3. The molecule has 1 atom stereocenters. The lowest BCUT2D eigenvalue weighted by Crippen LogP contribution is -2.46. The van der Waals surface area contributed by atoms with Crippen LogP contribution in [0.3, 0.4) is 0 Å². The summed E-state index contributed by atoms with van der Waals surface area (Å²) in [5, 5.41) is 3.35. The monoisotopic (exact) mass is 495 g/mol. The standard InChI is InChI=1S/C26H23ClFN3O2S/c27-20-8-6-19(7-9-20)17-31-24(32)16-23(25(33)29-15-14-18-4-2-1-3-5-18)34-26(31)30-22-12-10-21(28)11-13-22/h1-13,23H,14-17H2,(H,29,33). The smallest absolute Gasteiger partial charge is 0.234 e. The molecule has 0 aromatic heterocycles. The molecule has 174 valence electrons. The van der Waals surface area contributed by atoms with E-state index in [0.29, 0.717) is 35.4 Å². The van der Waals surface area contributed by atoms with Gasteiger partial charge in [-0.25, -0.2) is 9.38 Å². The molecule has 0 bridgehead atoms. The van der Waals surface area contributed by atoms with Crippen molar-refractivity contribution in [2.75, 3.05) is 6.54 Å². The molecule has 3 aromatic carbocycles. The fourth-order valence-corrected chi connectivity index (χ4v) is 4.73. The van der Waals surface area contributed by atoms with Gasteiger partial charge >= 0.3 is 0 Å². The Balaban J connectivity index is 1.49. The molecule has 1 aliphatic rings. The number of aliphatic imine (C=N–C) groups is 1. The number of carbonyl (C=O) groups is 2. The molecule has 2 amide bonds. The highest BCUT2D eigenvalue weighted by atomic mass is 35.5. The molecule has 0 spiro atoms. The van der Waals surface area contributed by atoms with Crippen LogP contribution in [0, 0.1) is 5.82 Å². The molecule has 3 aromatic rings. The number of thioether (sulfide) groups is 1. The van der Waals surface area contributed by atoms with E-state index in [-0.39, 0.29) is 24.1 Å². The van der Waals surface area contributed by atoms with Crippen LogP contribution >= 0.6 is 23.4 Å². The molecule has 0 saturated carbocycles. The van der Waals surface area contributed by atoms with Gasteiger partial charge < -0.3 is 5.32 Å². The summed E-state index contributed by atoms with van der Waals surface area (Å²) in [5.74, 6) is -0.769. The maximum atomic E-state index is 13.4. The van der Waals surface area contributed by atoms with Crippen molar-refractivity contribution in [3.05, 3.63) is 101 Å². The first-order valence-electron chi connectivity index (χ1n) is 10.9. The van der Waals surface area contributed by atoms with Crippen LogP contribution in [0.25, 0.3) is 0 Å². The Morgan fingerprint density at radius 2 is 1.74 bits per heavy atom. The summed E-state index contributed by atoms with van der Waals surface area (Å²) < 4.78 is 13.4. The van der Waals surface area contributed by atoms with Gasteiger partial charge in [0.2, 0.25) is 11.8 Å². The first-order valence-corrected chi connectivity index (χ1v) is 12.1. The van der Waals surface area contributed by atoms with Crippen molar-refractivity contribution in [1.82, 2.24) is 10.2 Å². The number of carbonyl (C=O) groups excluding carboxylic acids is 2. The van der Waals surface area contributed by atoms with Crippen LogP contribution in [0.1, 0.15) is 17.5 Å². The molecule has 0 radical (unpaired) electrons. The van der Waals surface area contributed by atoms with E-state index in [9.17, 15) is 14.0 Å². The highest BCUT2D eigenvalue weighted by Crippen LogP contribution is 2.30. The number of halogens is 2. The lowest BCUT2D eigenvalue weighted by molar-refractivity contribution is -0.130. The second kappa shape index (κ2) is 11.3. The van der Waals surface area contributed by atoms with Crippen molar-refractivity contribution in [2.45, 2.75) is 24.6 Å². The van der Waals surface area contributed by atoms with E-state index >= 15 is 0 Å². The number of amidine groups is 1. The first kappa shape index (κ1) is 24.0. The van der Waals surface area contributed by atoms with Crippen molar-refractivity contribution >= 4 is 46.0 Å². The minimum absolute atomic E-state index is 0.0673. The first-order chi connectivity index (χ1) is 16.5. The Hall–Kier alpha value is -3.16. The van der Waals surface area contributed by atoms with Gasteiger partial charge in [0, 0.05) is 18.0 Å². The van der Waals surface area contributed by atoms with Gasteiger partial charge in [-0.05, 0) is 53.9 Å². The Kier molecular flexibility index (Phi) is 7.98. The van der Waals surface area contributed by atoms with E-state index in [2.05, 4.69) is 10.3 Å². The zero-order valence-electron chi connectivity index (χ0n) is 18.3. The van der Waals surface area contributed by atoms with E-state index < -0.39 is 5.25 Å². The number of amides is 2. The van der Waals surface area contributed by atoms with E-state index in [4.69, 9.17) is 11.6 Å². The minimum atomic E-state index is -0.594. The van der Waals surface area contributed by atoms with Gasteiger partial charge in [0.15, 0.2) is 5.17 Å². The molecule has 1 N–H and O–H groups in total. The van der Waals surface area contributed by atoms with Crippen LogP contribution in [-0.2, 0) is 22.6 Å². The van der Waals surface area contributed by atoms with Crippen LogP contribution in [0.4, 0.5) is 10.1 Å². The molecule has 1 unspecified atom stereocenters. The van der Waals surface area contributed by atoms with Crippen molar-refractivity contribution in [3.63, 3.8) is 0 Å². The van der Waals surface area contributed by atoms with Gasteiger partial charge in [-0.1, -0.05) is 65.8 Å². The average molecular weight is 496 g/mol. The van der Waals surface area contributed by atoms with Crippen molar-refractivity contribution in [3.8, 4) is 0 Å². The van der Waals surface area contributed by atoms with Crippen LogP contribution in [-0.4, -0.2) is 33.7 Å². The van der Waals surface area contributed by atoms with Gasteiger partial charge in [-0.3, -0.25) is 14.5 Å². The zero-order chi connectivity index (χ0) is 23.9. The third kappa shape index (κ3) is 6.46. The summed E-state index contributed by atoms with van der Waals surface area (Å²) in [7, 11) is 0. The Labute approximate surface area is 207 Å². The lowest BCUT2D eigenvalue weighted by Gasteiger charge is -2.32. The second-order valence-electron chi connectivity index (χ2n) is 7.81. The molecule has 34 heavy (non-hydrogen) atoms. The number of hydrogen-bond acceptors (Lipinski definition) is 4. The zero-order valence-corrected chi connectivity index (χ0v) is 19.9. The molecule has 8 heteroatoms. The lowest BCUT2D eigenvalue weighted by atomic mass is 10.1. The second-order valence-corrected chi connectivity index (χ2v) is 9.42. The number of nitrogens with one attached hydrogen (secondary N) is 1. The number of rotatable bonds is 7. The van der Waals surface area contributed by atoms with Crippen LogP contribution in [0.2, 0.25) is 5.02 Å². The molecule has 5 nitrogen and oxygen atoms in total. The number of nitrogens with zero attached hydrogens (tertiary/aromatic N) is 2.